The first-order chi connectivity index (χ1) is 16.9. The number of halogens is 2. The zero-order valence-electron chi connectivity index (χ0n) is 19.1. The lowest BCUT2D eigenvalue weighted by atomic mass is 10.0. The first-order valence-corrected chi connectivity index (χ1v) is 12.4. The van der Waals surface area contributed by atoms with Crippen molar-refractivity contribution in [3.63, 3.8) is 0 Å². The first-order valence-electron chi connectivity index (χ1n) is 10.7. The summed E-state index contributed by atoms with van der Waals surface area (Å²) >= 11 is 14.0. The number of nitrogens with one attached hydrogen (secondary N) is 1. The Hall–Kier alpha value is -3.13. The van der Waals surface area contributed by atoms with Crippen molar-refractivity contribution in [2.24, 2.45) is 5.73 Å². The number of benzene rings is 3. The summed E-state index contributed by atoms with van der Waals surface area (Å²) in [5, 5.41) is 1.31. The van der Waals surface area contributed by atoms with E-state index in [1.165, 1.54) is 0 Å². The van der Waals surface area contributed by atoms with Crippen LogP contribution >= 0.6 is 35.0 Å². The molecule has 0 radical (unpaired) electrons. The van der Waals surface area contributed by atoms with Gasteiger partial charge in [0.25, 0.3) is 5.91 Å². The molecule has 6 nitrogen and oxygen atoms in total. The van der Waals surface area contributed by atoms with Crippen molar-refractivity contribution in [3.05, 3.63) is 81.8 Å². The number of thioether (sulfide) groups is 1. The Bertz CT molecular complexity index is 1270. The van der Waals surface area contributed by atoms with Gasteiger partial charge < -0.3 is 20.2 Å². The minimum Gasteiger partial charge on any atom is -0.497 e. The molecule has 0 atom stereocenters. The lowest BCUT2D eigenvalue weighted by Gasteiger charge is -2.08. The summed E-state index contributed by atoms with van der Waals surface area (Å²) in [6.45, 7) is 0. The number of nitrogens with zero attached hydrogens (tertiary/aromatic N) is 1. The molecule has 9 heteroatoms. The molecule has 4 rings (SSSR count). The second-order valence-electron chi connectivity index (χ2n) is 7.58. The van der Waals surface area contributed by atoms with Crippen LogP contribution in [-0.4, -0.2) is 35.8 Å². The molecule has 0 spiro atoms. The van der Waals surface area contributed by atoms with Crippen LogP contribution in [-0.2, 0) is 6.42 Å². The fourth-order valence-corrected chi connectivity index (χ4v) is 5.11. The third-order valence-electron chi connectivity index (χ3n) is 5.45. The van der Waals surface area contributed by atoms with Gasteiger partial charge in [0.1, 0.15) is 11.5 Å². The van der Waals surface area contributed by atoms with E-state index < -0.39 is 5.91 Å². The number of ether oxygens (including phenoxy) is 2. The standard InChI is InChI=1S/C26H23Cl2N3O3S/c1-33-18-8-3-16(4-9-18)23-24(17-5-10-19(34-2)11-6-17)31-26(30-23)35-14-13-15-7-12-20(27)21(22(15)28)25(29)32/h3-12H,13-14H2,1-2H3,(H2,29,32)(H,30,31). The Morgan fingerprint density at radius 2 is 1.54 bits per heavy atom. The number of nitrogens with two attached hydrogens (primary N) is 1. The molecule has 0 saturated carbocycles. The van der Waals surface area contributed by atoms with Crippen LogP contribution in [0.3, 0.4) is 0 Å². The topological polar surface area (TPSA) is 90.2 Å². The van der Waals surface area contributed by atoms with Crippen LogP contribution in [0.25, 0.3) is 22.5 Å². The monoisotopic (exact) mass is 527 g/mol. The van der Waals surface area contributed by atoms with Crippen LogP contribution in [0, 0.1) is 0 Å². The average Bonchev–Trinajstić information content (AvgIpc) is 3.29. The van der Waals surface area contributed by atoms with Gasteiger partial charge in [0.2, 0.25) is 0 Å². The van der Waals surface area contributed by atoms with Crippen LogP contribution in [0.15, 0.2) is 65.8 Å². The number of methoxy groups -OCH3 is 2. The van der Waals surface area contributed by atoms with Crippen molar-refractivity contribution in [1.82, 2.24) is 9.97 Å². The van der Waals surface area contributed by atoms with Gasteiger partial charge in [0.15, 0.2) is 5.16 Å². The third-order valence-corrected chi connectivity index (χ3v) is 7.07. The number of amides is 1. The highest BCUT2D eigenvalue weighted by molar-refractivity contribution is 7.99. The normalized spacial score (nSPS) is 10.9. The maximum absolute atomic E-state index is 11.7. The summed E-state index contributed by atoms with van der Waals surface area (Å²) in [6, 6.07) is 19.1. The van der Waals surface area contributed by atoms with E-state index in [-0.39, 0.29) is 10.6 Å². The highest BCUT2D eigenvalue weighted by atomic mass is 35.5. The second kappa shape index (κ2) is 11.1. The molecular weight excluding hydrogens is 505 g/mol. The molecule has 0 aliphatic heterocycles. The van der Waals surface area contributed by atoms with Crippen molar-refractivity contribution < 1.29 is 14.3 Å². The number of carbonyl (C=O) groups excluding carboxylic acids is 1. The zero-order chi connectivity index (χ0) is 24.9. The highest BCUT2D eigenvalue weighted by Crippen LogP contribution is 2.35. The van der Waals surface area contributed by atoms with Gasteiger partial charge in [-0.1, -0.05) is 41.0 Å². The molecule has 1 aromatic heterocycles. The van der Waals surface area contributed by atoms with Gasteiger partial charge >= 0.3 is 0 Å². The number of aromatic nitrogens is 2. The van der Waals surface area contributed by atoms with E-state index in [4.69, 9.17) is 43.4 Å². The molecular formula is C26H23Cl2N3O3S. The fourth-order valence-electron chi connectivity index (χ4n) is 3.62. The van der Waals surface area contributed by atoms with E-state index in [1.54, 1.807) is 32.0 Å². The Kier molecular flexibility index (Phi) is 7.90. The van der Waals surface area contributed by atoms with Gasteiger partial charge in [-0.05, 0) is 66.6 Å². The third kappa shape index (κ3) is 5.59. The number of hydrogen-bond acceptors (Lipinski definition) is 5. The molecule has 0 aliphatic carbocycles. The molecule has 1 heterocycles. The molecule has 0 bridgehead atoms. The summed E-state index contributed by atoms with van der Waals surface area (Å²) < 4.78 is 10.6. The van der Waals surface area contributed by atoms with E-state index in [0.29, 0.717) is 17.2 Å². The molecule has 4 aromatic rings. The number of H-pyrrole nitrogens is 1. The van der Waals surface area contributed by atoms with Gasteiger partial charge in [-0.15, -0.1) is 0 Å². The molecule has 0 unspecified atom stereocenters. The van der Waals surface area contributed by atoms with E-state index in [1.807, 2.05) is 54.6 Å². The first kappa shape index (κ1) is 25.0. The molecule has 35 heavy (non-hydrogen) atoms. The average molecular weight is 528 g/mol. The minimum absolute atomic E-state index is 0.150. The predicted molar refractivity (Wildman–Crippen MR) is 142 cm³/mol. The van der Waals surface area contributed by atoms with Gasteiger partial charge in [-0.2, -0.15) is 0 Å². The van der Waals surface area contributed by atoms with Gasteiger partial charge in [0.05, 0.1) is 41.2 Å². The maximum Gasteiger partial charge on any atom is 0.251 e. The minimum atomic E-state index is -0.645. The van der Waals surface area contributed by atoms with Crippen molar-refractivity contribution in [1.29, 1.82) is 0 Å². The van der Waals surface area contributed by atoms with Crippen LogP contribution in [0.1, 0.15) is 15.9 Å². The lowest BCUT2D eigenvalue weighted by Crippen LogP contribution is -2.13. The zero-order valence-corrected chi connectivity index (χ0v) is 21.4. The quantitative estimate of drug-likeness (QED) is 0.242. The molecule has 3 N–H and O–H groups in total. The summed E-state index contributed by atoms with van der Waals surface area (Å²) in [7, 11) is 3.28. The van der Waals surface area contributed by atoms with Crippen molar-refractivity contribution >= 4 is 40.9 Å². The van der Waals surface area contributed by atoms with E-state index in [2.05, 4.69) is 4.98 Å². The SMILES string of the molecule is COc1ccc(-c2nc(SCCc3ccc(Cl)c(C(N)=O)c3Cl)[nH]c2-c2ccc(OC)cc2)cc1. The maximum atomic E-state index is 11.7. The predicted octanol–water partition coefficient (Wildman–Crippen LogP) is 6.50. The van der Waals surface area contributed by atoms with E-state index in [9.17, 15) is 4.79 Å². The summed E-state index contributed by atoms with van der Waals surface area (Å²) in [5.74, 6) is 1.59. The summed E-state index contributed by atoms with van der Waals surface area (Å²) in [6.07, 6.45) is 0.609. The van der Waals surface area contributed by atoms with Crippen molar-refractivity contribution in [2.45, 2.75) is 11.6 Å². The smallest absolute Gasteiger partial charge is 0.251 e. The number of aryl methyl sites for hydroxylation is 1. The number of imidazole rings is 1. The Balaban J connectivity index is 1.60. The Morgan fingerprint density at radius 1 is 0.943 bits per heavy atom. The number of hydrogen-bond donors (Lipinski definition) is 2. The molecule has 0 fully saturated rings. The van der Waals surface area contributed by atoms with Gasteiger partial charge in [0, 0.05) is 16.9 Å². The number of primary amides is 1. The number of carbonyl (C=O) groups is 1. The van der Waals surface area contributed by atoms with Crippen LogP contribution in [0.5, 0.6) is 11.5 Å². The number of aromatic amines is 1. The van der Waals surface area contributed by atoms with Crippen LogP contribution in [0.2, 0.25) is 10.0 Å². The Labute approximate surface area is 217 Å². The van der Waals surface area contributed by atoms with E-state index >= 15 is 0 Å². The Morgan fingerprint density at radius 3 is 2.11 bits per heavy atom. The van der Waals surface area contributed by atoms with Crippen LogP contribution < -0.4 is 15.2 Å². The van der Waals surface area contributed by atoms with Crippen molar-refractivity contribution in [2.75, 3.05) is 20.0 Å². The molecule has 3 aromatic carbocycles. The summed E-state index contributed by atoms with van der Waals surface area (Å²) in [4.78, 5) is 20.0. The summed E-state index contributed by atoms with van der Waals surface area (Å²) in [5.41, 5.74) is 10.1. The van der Waals surface area contributed by atoms with Gasteiger partial charge in [-0.25, -0.2) is 4.98 Å². The molecule has 180 valence electrons. The van der Waals surface area contributed by atoms with E-state index in [0.717, 1.165) is 44.7 Å². The number of rotatable bonds is 9. The fraction of sp³-hybridized carbons (Fsp3) is 0.154. The molecule has 1 amide bonds. The van der Waals surface area contributed by atoms with Crippen LogP contribution in [0.4, 0.5) is 0 Å². The molecule has 0 saturated heterocycles. The van der Waals surface area contributed by atoms with Gasteiger partial charge in [-0.3, -0.25) is 4.79 Å². The lowest BCUT2D eigenvalue weighted by molar-refractivity contribution is 0.100. The highest BCUT2D eigenvalue weighted by Gasteiger charge is 2.17. The van der Waals surface area contributed by atoms with Crippen molar-refractivity contribution in [3.8, 4) is 34.0 Å². The second-order valence-corrected chi connectivity index (χ2v) is 9.45. The molecule has 0 aliphatic rings. The largest absolute Gasteiger partial charge is 0.497 e.